The summed E-state index contributed by atoms with van der Waals surface area (Å²) in [6.07, 6.45) is 5.35. The molecular weight excluding hydrogens is 292 g/mol. The van der Waals surface area contributed by atoms with Crippen LogP contribution in [0.5, 0.6) is 0 Å². The first-order valence-electron chi connectivity index (χ1n) is 8.02. The van der Waals surface area contributed by atoms with Crippen LogP contribution in [0.2, 0.25) is 0 Å². The van der Waals surface area contributed by atoms with Crippen molar-refractivity contribution in [2.75, 3.05) is 26.3 Å². The van der Waals surface area contributed by atoms with Crippen LogP contribution in [-0.2, 0) is 14.3 Å². The zero-order valence-corrected chi connectivity index (χ0v) is 13.6. The number of ether oxygens (including phenoxy) is 2. The predicted octanol–water partition coefficient (Wildman–Crippen LogP) is 1.35. The van der Waals surface area contributed by atoms with Crippen LogP contribution in [-0.4, -0.2) is 61.4 Å². The summed E-state index contributed by atoms with van der Waals surface area (Å²) in [4.78, 5) is 14.7. The molecule has 21 heavy (non-hydrogen) atoms. The average molecular weight is 319 g/mol. The Labute approximate surface area is 133 Å². The van der Waals surface area contributed by atoms with Gasteiger partial charge < -0.3 is 19.7 Å². The number of hydrogen-bond acceptors (Lipinski definition) is 4. The molecule has 3 fully saturated rings. The molecule has 0 aromatic carbocycles. The minimum Gasteiger partial charge on any atom is -0.376 e. The summed E-state index contributed by atoms with van der Waals surface area (Å²) in [7, 11) is 0. The van der Waals surface area contributed by atoms with E-state index in [9.17, 15) is 4.79 Å². The Hall–Kier alpha value is -0.360. The lowest BCUT2D eigenvalue weighted by Crippen LogP contribution is -2.47. The van der Waals surface area contributed by atoms with Crippen molar-refractivity contribution < 1.29 is 14.3 Å². The van der Waals surface area contributed by atoms with E-state index < -0.39 is 0 Å². The Morgan fingerprint density at radius 1 is 1.33 bits per heavy atom. The molecule has 0 aromatic heterocycles. The van der Waals surface area contributed by atoms with Gasteiger partial charge in [0.25, 0.3) is 5.91 Å². The number of nitrogens with zero attached hydrogens (tertiary/aromatic N) is 1. The average Bonchev–Trinajstić information content (AvgIpc) is 3.02. The summed E-state index contributed by atoms with van der Waals surface area (Å²) in [5.74, 6) is 0.166. The van der Waals surface area contributed by atoms with Crippen molar-refractivity contribution in [2.45, 2.75) is 63.3 Å². The van der Waals surface area contributed by atoms with Gasteiger partial charge in [-0.2, -0.15) is 0 Å². The Morgan fingerprint density at radius 2 is 2.14 bits per heavy atom. The molecule has 0 aromatic rings. The molecule has 3 saturated heterocycles. The van der Waals surface area contributed by atoms with Crippen LogP contribution >= 0.6 is 12.4 Å². The van der Waals surface area contributed by atoms with Crippen molar-refractivity contribution in [3.05, 3.63) is 0 Å². The highest BCUT2D eigenvalue weighted by molar-refractivity contribution is 5.85. The fraction of sp³-hybridized carbons (Fsp3) is 0.933. The van der Waals surface area contributed by atoms with Crippen LogP contribution in [0.15, 0.2) is 0 Å². The zero-order chi connectivity index (χ0) is 13.9. The Morgan fingerprint density at radius 3 is 2.90 bits per heavy atom. The topological polar surface area (TPSA) is 50.8 Å². The number of amides is 1. The SMILES string of the molecule is CC(OCC1CCCO1)C(=O)N1C2CCNCC1CC2.Cl. The third-order valence-electron chi connectivity index (χ3n) is 4.81. The smallest absolute Gasteiger partial charge is 0.251 e. The summed E-state index contributed by atoms with van der Waals surface area (Å²) in [6, 6.07) is 0.778. The van der Waals surface area contributed by atoms with Crippen LogP contribution in [0, 0.1) is 0 Å². The Kier molecular flexibility index (Phi) is 6.29. The lowest BCUT2D eigenvalue weighted by atomic mass is 10.1. The van der Waals surface area contributed by atoms with Gasteiger partial charge in [0.1, 0.15) is 6.10 Å². The lowest BCUT2D eigenvalue weighted by molar-refractivity contribution is -0.147. The number of hydrogen-bond donors (Lipinski definition) is 1. The van der Waals surface area contributed by atoms with Gasteiger partial charge in [-0.3, -0.25) is 4.79 Å². The van der Waals surface area contributed by atoms with Gasteiger partial charge in [-0.15, -0.1) is 12.4 Å². The Balaban J connectivity index is 0.00000161. The fourth-order valence-electron chi connectivity index (χ4n) is 3.65. The largest absolute Gasteiger partial charge is 0.376 e. The van der Waals surface area contributed by atoms with Crippen LogP contribution in [0.3, 0.4) is 0 Å². The molecule has 0 radical (unpaired) electrons. The second kappa shape index (κ2) is 7.77. The zero-order valence-electron chi connectivity index (χ0n) is 12.8. The van der Waals surface area contributed by atoms with E-state index >= 15 is 0 Å². The molecule has 4 atom stereocenters. The van der Waals surface area contributed by atoms with Crippen LogP contribution in [0.4, 0.5) is 0 Å². The molecule has 0 aliphatic carbocycles. The summed E-state index contributed by atoms with van der Waals surface area (Å²) >= 11 is 0. The van der Waals surface area contributed by atoms with Crippen molar-refractivity contribution in [1.82, 2.24) is 10.2 Å². The van der Waals surface area contributed by atoms with Crippen molar-refractivity contribution in [3.8, 4) is 0 Å². The quantitative estimate of drug-likeness (QED) is 0.850. The van der Waals surface area contributed by atoms with Gasteiger partial charge in [0, 0.05) is 25.2 Å². The van der Waals surface area contributed by atoms with E-state index in [-0.39, 0.29) is 30.5 Å². The first-order chi connectivity index (χ1) is 9.75. The third kappa shape index (κ3) is 3.89. The van der Waals surface area contributed by atoms with Gasteiger partial charge >= 0.3 is 0 Å². The molecule has 0 saturated carbocycles. The maximum absolute atomic E-state index is 12.6. The number of rotatable bonds is 4. The van der Waals surface area contributed by atoms with E-state index in [0.717, 1.165) is 51.8 Å². The van der Waals surface area contributed by atoms with Gasteiger partial charge in [-0.1, -0.05) is 0 Å². The fourth-order valence-corrected chi connectivity index (χ4v) is 3.65. The van der Waals surface area contributed by atoms with E-state index in [0.29, 0.717) is 18.7 Å². The van der Waals surface area contributed by atoms with E-state index in [2.05, 4.69) is 10.2 Å². The molecule has 6 heteroatoms. The standard InChI is InChI=1S/C15H26N2O3.ClH/c1-11(20-10-14-3-2-8-19-14)15(18)17-12-4-5-13(17)9-16-7-6-12;/h11-14,16H,2-10H2,1H3;1H. The molecule has 122 valence electrons. The van der Waals surface area contributed by atoms with Crippen LogP contribution in [0.1, 0.15) is 39.0 Å². The number of halogens is 1. The lowest BCUT2D eigenvalue weighted by Gasteiger charge is -2.30. The Bertz CT molecular complexity index is 336. The van der Waals surface area contributed by atoms with Crippen molar-refractivity contribution >= 4 is 18.3 Å². The molecular formula is C15H27ClN2O3. The van der Waals surface area contributed by atoms with Gasteiger partial charge in [-0.25, -0.2) is 0 Å². The number of fused-ring (bicyclic) bond motifs is 2. The predicted molar refractivity (Wildman–Crippen MR) is 82.8 cm³/mol. The minimum atomic E-state index is -0.347. The molecule has 4 unspecified atom stereocenters. The normalized spacial score (nSPS) is 33.4. The second-order valence-electron chi connectivity index (χ2n) is 6.23. The number of carbonyl (C=O) groups excluding carboxylic acids is 1. The van der Waals surface area contributed by atoms with Gasteiger partial charge in [0.15, 0.2) is 0 Å². The number of carbonyl (C=O) groups is 1. The molecule has 5 nitrogen and oxygen atoms in total. The molecule has 3 aliphatic heterocycles. The molecule has 1 N–H and O–H groups in total. The van der Waals surface area contributed by atoms with Crippen molar-refractivity contribution in [1.29, 1.82) is 0 Å². The van der Waals surface area contributed by atoms with E-state index in [1.807, 2.05) is 6.92 Å². The van der Waals surface area contributed by atoms with Crippen LogP contribution in [0.25, 0.3) is 0 Å². The molecule has 3 rings (SSSR count). The maximum Gasteiger partial charge on any atom is 0.251 e. The van der Waals surface area contributed by atoms with Crippen LogP contribution < -0.4 is 5.32 Å². The summed E-state index contributed by atoms with van der Waals surface area (Å²) < 4.78 is 11.3. The van der Waals surface area contributed by atoms with Crippen molar-refractivity contribution in [3.63, 3.8) is 0 Å². The minimum absolute atomic E-state index is 0. The molecule has 1 amide bonds. The van der Waals surface area contributed by atoms with Gasteiger partial charge in [-0.05, 0) is 45.6 Å². The van der Waals surface area contributed by atoms with E-state index in [1.54, 1.807) is 0 Å². The van der Waals surface area contributed by atoms with E-state index in [4.69, 9.17) is 9.47 Å². The summed E-state index contributed by atoms with van der Waals surface area (Å²) in [5, 5.41) is 3.42. The third-order valence-corrected chi connectivity index (χ3v) is 4.81. The summed E-state index contributed by atoms with van der Waals surface area (Å²) in [5.41, 5.74) is 0. The first kappa shape index (κ1) is 17.0. The monoisotopic (exact) mass is 318 g/mol. The van der Waals surface area contributed by atoms with Gasteiger partial charge in [0.05, 0.1) is 12.7 Å². The first-order valence-corrected chi connectivity index (χ1v) is 8.02. The second-order valence-corrected chi connectivity index (χ2v) is 6.23. The highest BCUT2D eigenvalue weighted by atomic mass is 35.5. The molecule has 3 aliphatic rings. The van der Waals surface area contributed by atoms with Gasteiger partial charge in [0.2, 0.25) is 0 Å². The molecule has 3 heterocycles. The highest BCUT2D eigenvalue weighted by Gasteiger charge is 2.39. The summed E-state index contributed by atoms with van der Waals surface area (Å²) in [6.45, 7) is 5.22. The maximum atomic E-state index is 12.6. The molecule has 2 bridgehead atoms. The molecule has 0 spiro atoms. The van der Waals surface area contributed by atoms with Crippen molar-refractivity contribution in [2.24, 2.45) is 0 Å². The number of nitrogens with one attached hydrogen (secondary N) is 1. The highest BCUT2D eigenvalue weighted by Crippen LogP contribution is 2.29. The van der Waals surface area contributed by atoms with E-state index in [1.165, 1.54) is 0 Å².